The van der Waals surface area contributed by atoms with Crippen LogP contribution in [0.2, 0.25) is 0 Å². The molecular weight excluding hydrogens is 417 g/mol. The van der Waals surface area contributed by atoms with Crippen molar-refractivity contribution in [3.63, 3.8) is 0 Å². The normalized spacial score (nSPS) is 28.1. The van der Waals surface area contributed by atoms with Crippen LogP contribution >= 0.6 is 24.0 Å². The highest BCUT2D eigenvalue weighted by molar-refractivity contribution is 14.0. The average molecular weight is 451 g/mol. The van der Waals surface area contributed by atoms with E-state index in [9.17, 15) is 0 Å². The van der Waals surface area contributed by atoms with Crippen molar-refractivity contribution < 1.29 is 9.47 Å². The van der Waals surface area contributed by atoms with E-state index in [0.29, 0.717) is 18.6 Å². The van der Waals surface area contributed by atoms with Crippen LogP contribution in [0.3, 0.4) is 0 Å². The highest BCUT2D eigenvalue weighted by Gasteiger charge is 2.36. The standard InChI is InChI=1S/C18H33N3O2.HI/c1-19-17(20-13-16-14-22-11-12-23-16)21-10-6-9-18(15-21)7-4-2-3-5-8-18;/h16H,2-15H2,1H3,(H,19,20);1H. The number of hydrogen-bond donors (Lipinski definition) is 1. The maximum atomic E-state index is 5.73. The molecule has 0 aromatic carbocycles. The molecule has 3 rings (SSSR count). The molecular formula is C18H34IN3O2. The van der Waals surface area contributed by atoms with Crippen molar-refractivity contribution in [2.24, 2.45) is 10.4 Å². The molecule has 1 unspecified atom stereocenters. The molecule has 3 fully saturated rings. The summed E-state index contributed by atoms with van der Waals surface area (Å²) in [5, 5.41) is 3.52. The largest absolute Gasteiger partial charge is 0.376 e. The lowest BCUT2D eigenvalue weighted by Crippen LogP contribution is -2.52. The van der Waals surface area contributed by atoms with E-state index in [4.69, 9.17) is 9.47 Å². The molecule has 6 heteroatoms. The van der Waals surface area contributed by atoms with Crippen molar-refractivity contribution in [3.05, 3.63) is 0 Å². The van der Waals surface area contributed by atoms with Crippen LogP contribution in [0, 0.1) is 5.41 Å². The Balaban J connectivity index is 0.00000208. The van der Waals surface area contributed by atoms with Gasteiger partial charge in [0.1, 0.15) is 0 Å². The maximum absolute atomic E-state index is 5.73. The molecule has 1 saturated carbocycles. The Kier molecular flexibility index (Phi) is 8.57. The fourth-order valence-corrected chi connectivity index (χ4v) is 4.47. The summed E-state index contributed by atoms with van der Waals surface area (Å²) in [6.45, 7) is 5.21. The van der Waals surface area contributed by atoms with Gasteiger partial charge in [-0.1, -0.05) is 25.7 Å². The number of piperidine rings is 1. The Hall–Kier alpha value is -0.0800. The maximum Gasteiger partial charge on any atom is 0.193 e. The van der Waals surface area contributed by atoms with Crippen LogP contribution in [0.4, 0.5) is 0 Å². The van der Waals surface area contributed by atoms with Gasteiger partial charge in [0.25, 0.3) is 0 Å². The predicted molar refractivity (Wildman–Crippen MR) is 108 cm³/mol. The van der Waals surface area contributed by atoms with Gasteiger partial charge in [0, 0.05) is 26.7 Å². The van der Waals surface area contributed by atoms with Gasteiger partial charge in [0.05, 0.1) is 25.9 Å². The zero-order valence-electron chi connectivity index (χ0n) is 15.1. The molecule has 0 bridgehead atoms. The van der Waals surface area contributed by atoms with Gasteiger partial charge in [-0.25, -0.2) is 0 Å². The van der Waals surface area contributed by atoms with E-state index in [2.05, 4.69) is 15.2 Å². The summed E-state index contributed by atoms with van der Waals surface area (Å²) in [6, 6.07) is 0. The van der Waals surface area contributed by atoms with E-state index in [-0.39, 0.29) is 30.1 Å². The lowest BCUT2D eigenvalue weighted by molar-refractivity contribution is -0.0852. The van der Waals surface area contributed by atoms with Crippen molar-refractivity contribution in [1.82, 2.24) is 10.2 Å². The van der Waals surface area contributed by atoms with Gasteiger partial charge >= 0.3 is 0 Å². The van der Waals surface area contributed by atoms with Gasteiger partial charge in [0.2, 0.25) is 0 Å². The number of likely N-dealkylation sites (tertiary alicyclic amines) is 1. The molecule has 0 aromatic heterocycles. The summed E-state index contributed by atoms with van der Waals surface area (Å²) in [5.74, 6) is 1.04. The number of nitrogens with one attached hydrogen (secondary N) is 1. The number of rotatable bonds is 2. The zero-order chi connectivity index (χ0) is 16.0. The van der Waals surface area contributed by atoms with E-state index in [0.717, 1.165) is 25.7 Å². The van der Waals surface area contributed by atoms with Gasteiger partial charge < -0.3 is 19.7 Å². The summed E-state index contributed by atoms with van der Waals surface area (Å²) < 4.78 is 11.2. The van der Waals surface area contributed by atoms with Crippen LogP contribution < -0.4 is 5.32 Å². The fourth-order valence-electron chi connectivity index (χ4n) is 4.47. The first kappa shape index (κ1) is 20.2. The van der Waals surface area contributed by atoms with Crippen molar-refractivity contribution >= 4 is 29.9 Å². The number of ether oxygens (including phenoxy) is 2. The smallest absolute Gasteiger partial charge is 0.193 e. The van der Waals surface area contributed by atoms with E-state index in [1.165, 1.54) is 57.9 Å². The number of nitrogens with zero attached hydrogens (tertiary/aromatic N) is 2. The molecule has 2 aliphatic heterocycles. The third kappa shape index (κ3) is 5.46. The van der Waals surface area contributed by atoms with Gasteiger partial charge in [-0.15, -0.1) is 24.0 Å². The van der Waals surface area contributed by atoms with Crippen molar-refractivity contribution in [2.45, 2.75) is 57.5 Å². The van der Waals surface area contributed by atoms with E-state index in [1.54, 1.807) is 0 Å². The third-order valence-corrected chi connectivity index (χ3v) is 5.71. The Morgan fingerprint density at radius 1 is 1.12 bits per heavy atom. The molecule has 5 nitrogen and oxygen atoms in total. The second kappa shape index (κ2) is 10.2. The summed E-state index contributed by atoms with van der Waals surface area (Å²) in [5.41, 5.74) is 0.539. The van der Waals surface area contributed by atoms with Crippen LogP contribution in [0.1, 0.15) is 51.4 Å². The number of guanidine groups is 1. The van der Waals surface area contributed by atoms with E-state index in [1.807, 2.05) is 7.05 Å². The minimum Gasteiger partial charge on any atom is -0.376 e. The van der Waals surface area contributed by atoms with Crippen molar-refractivity contribution in [1.29, 1.82) is 0 Å². The molecule has 3 aliphatic rings. The van der Waals surface area contributed by atoms with Crippen molar-refractivity contribution in [2.75, 3.05) is 46.5 Å². The summed E-state index contributed by atoms with van der Waals surface area (Å²) in [7, 11) is 1.90. The Morgan fingerprint density at radius 3 is 2.54 bits per heavy atom. The fraction of sp³-hybridized carbons (Fsp3) is 0.944. The summed E-state index contributed by atoms with van der Waals surface area (Å²) in [4.78, 5) is 7.02. The summed E-state index contributed by atoms with van der Waals surface area (Å²) >= 11 is 0. The molecule has 0 aromatic rings. The molecule has 1 atom stereocenters. The first-order valence-electron chi connectivity index (χ1n) is 9.46. The highest BCUT2D eigenvalue weighted by atomic mass is 127. The van der Waals surface area contributed by atoms with Gasteiger partial charge in [0.15, 0.2) is 5.96 Å². The van der Waals surface area contributed by atoms with E-state index >= 15 is 0 Å². The molecule has 2 saturated heterocycles. The second-order valence-corrected chi connectivity index (χ2v) is 7.44. The van der Waals surface area contributed by atoms with Gasteiger partial charge in [-0.3, -0.25) is 4.99 Å². The van der Waals surface area contributed by atoms with Crippen LogP contribution in [0.15, 0.2) is 4.99 Å². The first-order chi connectivity index (χ1) is 11.3. The van der Waals surface area contributed by atoms with Crippen molar-refractivity contribution in [3.8, 4) is 0 Å². The highest BCUT2D eigenvalue weighted by Crippen LogP contribution is 2.42. The minimum absolute atomic E-state index is 0. The Bertz CT molecular complexity index is 392. The number of hydrogen-bond acceptors (Lipinski definition) is 3. The zero-order valence-corrected chi connectivity index (χ0v) is 17.4. The molecule has 1 aliphatic carbocycles. The third-order valence-electron chi connectivity index (χ3n) is 5.71. The summed E-state index contributed by atoms with van der Waals surface area (Å²) in [6.07, 6.45) is 11.3. The molecule has 0 amide bonds. The average Bonchev–Trinajstić information content (AvgIpc) is 2.82. The molecule has 1 N–H and O–H groups in total. The van der Waals surface area contributed by atoms with Crippen LogP contribution in [0.5, 0.6) is 0 Å². The molecule has 2 heterocycles. The SMILES string of the molecule is CN=C(NCC1COCCO1)N1CCCC2(CCCCCC2)C1.I. The van der Waals surface area contributed by atoms with E-state index < -0.39 is 0 Å². The lowest BCUT2D eigenvalue weighted by Gasteiger charge is -2.44. The topological polar surface area (TPSA) is 46.1 Å². The van der Waals surface area contributed by atoms with Crippen LogP contribution in [0.25, 0.3) is 0 Å². The molecule has 0 radical (unpaired) electrons. The monoisotopic (exact) mass is 451 g/mol. The minimum atomic E-state index is 0. The Morgan fingerprint density at radius 2 is 1.88 bits per heavy atom. The van der Waals surface area contributed by atoms with Gasteiger partial charge in [-0.05, 0) is 31.1 Å². The first-order valence-corrected chi connectivity index (χ1v) is 9.46. The lowest BCUT2D eigenvalue weighted by atomic mass is 9.74. The van der Waals surface area contributed by atoms with Gasteiger partial charge in [-0.2, -0.15) is 0 Å². The van der Waals surface area contributed by atoms with Crippen LogP contribution in [-0.2, 0) is 9.47 Å². The van der Waals surface area contributed by atoms with Crippen LogP contribution in [-0.4, -0.2) is 63.5 Å². The molecule has 140 valence electrons. The molecule has 24 heavy (non-hydrogen) atoms. The predicted octanol–water partition coefficient (Wildman–Crippen LogP) is 3.03. The second-order valence-electron chi connectivity index (χ2n) is 7.44. The number of halogens is 1. The quantitative estimate of drug-likeness (QED) is 0.399. The number of aliphatic imine (C=N–C) groups is 1. The molecule has 1 spiro atoms. The Labute approximate surface area is 164 Å².